The van der Waals surface area contributed by atoms with Gasteiger partial charge < -0.3 is 10.2 Å². The second kappa shape index (κ2) is 6.44. The van der Waals surface area contributed by atoms with Crippen LogP contribution in [0.15, 0.2) is 0 Å². The molecule has 1 saturated carbocycles. The van der Waals surface area contributed by atoms with Crippen LogP contribution < -0.4 is 5.32 Å². The Morgan fingerprint density at radius 1 is 1.29 bits per heavy atom. The van der Waals surface area contributed by atoms with Crippen LogP contribution in [0.3, 0.4) is 0 Å². The van der Waals surface area contributed by atoms with Gasteiger partial charge in [-0.2, -0.15) is 11.8 Å². The van der Waals surface area contributed by atoms with Gasteiger partial charge in [0, 0.05) is 24.9 Å². The first-order valence-electron chi connectivity index (χ1n) is 7.28. The van der Waals surface area contributed by atoms with Crippen molar-refractivity contribution < 1.29 is 0 Å². The normalized spacial score (nSPS) is 25.1. The van der Waals surface area contributed by atoms with Gasteiger partial charge >= 0.3 is 0 Å². The summed E-state index contributed by atoms with van der Waals surface area (Å²) in [5.41, 5.74) is 0.648. The largest absolute Gasteiger partial charge is 0.313 e. The molecule has 0 amide bonds. The summed E-state index contributed by atoms with van der Waals surface area (Å²) in [5.74, 6) is 2.50. The molecule has 0 aromatic heterocycles. The summed E-state index contributed by atoms with van der Waals surface area (Å²) >= 11 is 2.05. The molecule has 1 aliphatic carbocycles. The minimum absolute atomic E-state index is 0.648. The van der Waals surface area contributed by atoms with Gasteiger partial charge in [-0.25, -0.2) is 0 Å². The van der Waals surface area contributed by atoms with Crippen molar-refractivity contribution in [1.29, 1.82) is 0 Å². The van der Waals surface area contributed by atoms with Crippen LogP contribution in [0, 0.1) is 5.41 Å². The molecule has 100 valence electrons. The Kier molecular flexibility index (Phi) is 5.19. The Bertz CT molecular complexity index is 222. The van der Waals surface area contributed by atoms with E-state index in [1.54, 1.807) is 0 Å². The number of hydrogen-bond donors (Lipinski definition) is 1. The number of nitrogens with one attached hydrogen (secondary N) is 1. The van der Waals surface area contributed by atoms with Crippen molar-refractivity contribution in [3.8, 4) is 0 Å². The third-order valence-electron chi connectivity index (χ3n) is 4.11. The summed E-state index contributed by atoms with van der Waals surface area (Å²) in [5, 5.41) is 3.75. The summed E-state index contributed by atoms with van der Waals surface area (Å²) in [6.45, 7) is 9.87. The second-order valence-corrected chi connectivity index (χ2v) is 7.24. The van der Waals surface area contributed by atoms with Crippen LogP contribution in [0.2, 0.25) is 0 Å². The Hall–Kier alpha value is 0.270. The van der Waals surface area contributed by atoms with Gasteiger partial charge in [-0.1, -0.05) is 6.92 Å². The van der Waals surface area contributed by atoms with E-state index in [4.69, 9.17) is 0 Å². The molecule has 2 nitrogen and oxygen atoms in total. The third kappa shape index (κ3) is 4.46. The zero-order valence-electron chi connectivity index (χ0n) is 11.5. The molecule has 0 bridgehead atoms. The Morgan fingerprint density at radius 3 is 2.59 bits per heavy atom. The van der Waals surface area contributed by atoms with E-state index in [9.17, 15) is 0 Å². The monoisotopic (exact) mass is 256 g/mol. The van der Waals surface area contributed by atoms with Gasteiger partial charge in [0.2, 0.25) is 0 Å². The van der Waals surface area contributed by atoms with Gasteiger partial charge in [-0.3, -0.25) is 0 Å². The average Bonchev–Trinajstić information content (AvgIpc) is 2.89. The first-order chi connectivity index (χ1) is 8.24. The molecule has 0 aromatic carbocycles. The van der Waals surface area contributed by atoms with E-state index in [0.717, 1.165) is 0 Å². The van der Waals surface area contributed by atoms with E-state index in [1.165, 1.54) is 63.4 Å². The predicted molar refractivity (Wildman–Crippen MR) is 77.8 cm³/mol. The van der Waals surface area contributed by atoms with Crippen molar-refractivity contribution in [2.75, 3.05) is 37.7 Å². The fraction of sp³-hybridized carbons (Fsp3) is 1.00. The molecule has 2 aliphatic rings. The van der Waals surface area contributed by atoms with E-state index in [1.807, 2.05) is 11.8 Å². The van der Waals surface area contributed by atoms with Crippen LogP contribution >= 0.6 is 11.8 Å². The molecule has 1 unspecified atom stereocenters. The second-order valence-electron chi connectivity index (χ2n) is 5.92. The molecular formula is C14H28N2S. The highest BCUT2D eigenvalue weighted by Gasteiger charge is 2.43. The SMILES string of the molecule is CCSCC(C)NCC1(CN2CCCC2)CC1. The van der Waals surface area contributed by atoms with Crippen LogP contribution in [0.1, 0.15) is 39.5 Å². The standard InChI is InChI=1S/C14H28N2S/c1-3-17-10-13(2)15-11-14(6-7-14)12-16-8-4-5-9-16/h13,15H,3-12H2,1-2H3. The van der Waals surface area contributed by atoms with Crippen molar-refractivity contribution in [3.63, 3.8) is 0 Å². The summed E-state index contributed by atoms with van der Waals surface area (Å²) in [6, 6.07) is 0.677. The van der Waals surface area contributed by atoms with Crippen LogP contribution in [-0.4, -0.2) is 48.6 Å². The summed E-state index contributed by atoms with van der Waals surface area (Å²) in [4.78, 5) is 2.68. The van der Waals surface area contributed by atoms with Gasteiger partial charge in [0.1, 0.15) is 0 Å². The lowest BCUT2D eigenvalue weighted by molar-refractivity contribution is 0.254. The zero-order chi connectivity index (χ0) is 12.1. The molecule has 1 heterocycles. The number of likely N-dealkylation sites (tertiary alicyclic amines) is 1. The van der Waals surface area contributed by atoms with E-state index < -0.39 is 0 Å². The minimum Gasteiger partial charge on any atom is -0.313 e. The molecule has 0 spiro atoms. The maximum Gasteiger partial charge on any atom is 0.0130 e. The van der Waals surface area contributed by atoms with Crippen LogP contribution in [0.4, 0.5) is 0 Å². The van der Waals surface area contributed by atoms with Gasteiger partial charge in [-0.15, -0.1) is 0 Å². The maximum absolute atomic E-state index is 3.75. The molecule has 1 aliphatic heterocycles. The van der Waals surface area contributed by atoms with Crippen LogP contribution in [-0.2, 0) is 0 Å². The molecule has 1 N–H and O–H groups in total. The van der Waals surface area contributed by atoms with Crippen molar-refractivity contribution in [2.45, 2.75) is 45.6 Å². The van der Waals surface area contributed by atoms with Gasteiger partial charge in [0.05, 0.1) is 0 Å². The first kappa shape index (κ1) is 13.7. The number of thioether (sulfide) groups is 1. The molecule has 17 heavy (non-hydrogen) atoms. The fourth-order valence-corrected chi connectivity index (χ4v) is 3.43. The van der Waals surface area contributed by atoms with Crippen LogP contribution in [0.25, 0.3) is 0 Å². The summed E-state index contributed by atoms with van der Waals surface area (Å²) in [7, 11) is 0. The molecule has 3 heteroatoms. The van der Waals surface area contributed by atoms with Crippen molar-refractivity contribution >= 4 is 11.8 Å². The number of rotatable bonds is 8. The fourth-order valence-electron chi connectivity index (χ4n) is 2.73. The van der Waals surface area contributed by atoms with E-state index in [-0.39, 0.29) is 0 Å². The lowest BCUT2D eigenvalue weighted by atomic mass is 10.1. The number of nitrogens with zero attached hydrogens (tertiary/aromatic N) is 1. The smallest absolute Gasteiger partial charge is 0.0130 e. The molecule has 1 atom stereocenters. The van der Waals surface area contributed by atoms with E-state index in [0.29, 0.717) is 11.5 Å². The van der Waals surface area contributed by atoms with Crippen molar-refractivity contribution in [2.24, 2.45) is 5.41 Å². The molecule has 1 saturated heterocycles. The molecule has 2 fully saturated rings. The van der Waals surface area contributed by atoms with Gasteiger partial charge in [0.15, 0.2) is 0 Å². The molecule has 2 rings (SSSR count). The van der Waals surface area contributed by atoms with Gasteiger partial charge in [0.25, 0.3) is 0 Å². The Balaban J connectivity index is 1.63. The highest BCUT2D eigenvalue weighted by molar-refractivity contribution is 7.99. The molecule has 0 radical (unpaired) electrons. The van der Waals surface area contributed by atoms with Crippen molar-refractivity contribution in [3.05, 3.63) is 0 Å². The maximum atomic E-state index is 3.75. The Labute approximate surface area is 111 Å². The summed E-state index contributed by atoms with van der Waals surface area (Å²) < 4.78 is 0. The third-order valence-corrected chi connectivity index (χ3v) is 5.26. The zero-order valence-corrected chi connectivity index (χ0v) is 12.3. The highest BCUT2D eigenvalue weighted by Crippen LogP contribution is 2.46. The lowest BCUT2D eigenvalue weighted by Crippen LogP contribution is -2.38. The highest BCUT2D eigenvalue weighted by atomic mass is 32.2. The molecular weight excluding hydrogens is 228 g/mol. The topological polar surface area (TPSA) is 15.3 Å². The van der Waals surface area contributed by atoms with Gasteiger partial charge in [-0.05, 0) is 56.9 Å². The van der Waals surface area contributed by atoms with Crippen molar-refractivity contribution in [1.82, 2.24) is 10.2 Å². The predicted octanol–water partition coefficient (Wildman–Crippen LogP) is 2.59. The average molecular weight is 256 g/mol. The Morgan fingerprint density at radius 2 is 2.00 bits per heavy atom. The summed E-state index contributed by atoms with van der Waals surface area (Å²) in [6.07, 6.45) is 5.74. The minimum atomic E-state index is 0.648. The van der Waals surface area contributed by atoms with E-state index in [2.05, 4.69) is 24.1 Å². The van der Waals surface area contributed by atoms with Crippen LogP contribution in [0.5, 0.6) is 0 Å². The van der Waals surface area contributed by atoms with E-state index >= 15 is 0 Å². The lowest BCUT2D eigenvalue weighted by Gasteiger charge is -2.25. The first-order valence-corrected chi connectivity index (χ1v) is 8.43. The number of hydrogen-bond acceptors (Lipinski definition) is 3. The molecule has 0 aromatic rings. The quantitative estimate of drug-likeness (QED) is 0.718.